The molecule has 8 nitrogen and oxygen atoms in total. The zero-order valence-electron chi connectivity index (χ0n) is 13.8. The first kappa shape index (κ1) is 17.6. The Bertz CT molecular complexity index is 620. The molecule has 24 heavy (non-hydrogen) atoms. The average molecular weight is 334 g/mol. The molecule has 1 fully saturated rings. The van der Waals surface area contributed by atoms with Crippen LogP contribution in [0.25, 0.3) is 0 Å². The van der Waals surface area contributed by atoms with Crippen molar-refractivity contribution in [1.29, 1.82) is 0 Å². The van der Waals surface area contributed by atoms with Gasteiger partial charge in [0.05, 0.1) is 17.9 Å². The third kappa shape index (κ3) is 4.15. The molecule has 0 bridgehead atoms. The van der Waals surface area contributed by atoms with Crippen LogP contribution in [0.4, 0.5) is 10.5 Å². The summed E-state index contributed by atoms with van der Waals surface area (Å²) < 4.78 is 4.94. The van der Waals surface area contributed by atoms with E-state index in [0.717, 1.165) is 6.42 Å². The quantitative estimate of drug-likeness (QED) is 0.553. The Kier molecular flexibility index (Phi) is 6.00. The molecular formula is C16H22N4O4. The number of carbonyl (C=O) groups is 3. The summed E-state index contributed by atoms with van der Waals surface area (Å²) in [7, 11) is 1.54. The van der Waals surface area contributed by atoms with E-state index >= 15 is 0 Å². The molecule has 0 unspecified atom stereocenters. The molecule has 1 aromatic rings. The van der Waals surface area contributed by atoms with Crippen molar-refractivity contribution < 1.29 is 19.1 Å². The third-order valence-corrected chi connectivity index (χ3v) is 3.73. The number of rotatable bonds is 5. The number of hydrazine groups is 1. The number of urea groups is 1. The molecular weight excluding hydrogens is 312 g/mol. The van der Waals surface area contributed by atoms with E-state index in [0.29, 0.717) is 30.8 Å². The van der Waals surface area contributed by atoms with Gasteiger partial charge in [-0.1, -0.05) is 6.07 Å². The third-order valence-electron chi connectivity index (χ3n) is 3.73. The zero-order valence-corrected chi connectivity index (χ0v) is 13.8. The van der Waals surface area contributed by atoms with Gasteiger partial charge in [-0.15, -0.1) is 0 Å². The fourth-order valence-corrected chi connectivity index (χ4v) is 2.58. The van der Waals surface area contributed by atoms with Crippen LogP contribution in [-0.2, 0) is 9.53 Å². The SMILES string of the molecule is CCOC(=O)c1cccc(NNC(=O)[C@@H]2CCCN2C(=O)NC)c1. The Labute approximate surface area is 140 Å². The second kappa shape index (κ2) is 8.19. The molecule has 1 aliphatic heterocycles. The summed E-state index contributed by atoms with van der Waals surface area (Å²) in [6.07, 6.45) is 1.40. The Morgan fingerprint density at radius 3 is 2.83 bits per heavy atom. The molecule has 8 heteroatoms. The van der Waals surface area contributed by atoms with Crippen molar-refractivity contribution in [3.63, 3.8) is 0 Å². The summed E-state index contributed by atoms with van der Waals surface area (Å²) in [5.41, 5.74) is 6.30. The Morgan fingerprint density at radius 2 is 2.12 bits per heavy atom. The van der Waals surface area contributed by atoms with Crippen LogP contribution < -0.4 is 16.2 Å². The van der Waals surface area contributed by atoms with E-state index in [1.54, 1.807) is 31.2 Å². The molecule has 130 valence electrons. The van der Waals surface area contributed by atoms with Gasteiger partial charge in [-0.2, -0.15) is 0 Å². The van der Waals surface area contributed by atoms with Gasteiger partial charge in [-0.25, -0.2) is 9.59 Å². The number of nitrogens with zero attached hydrogens (tertiary/aromatic N) is 1. The fraction of sp³-hybridized carbons (Fsp3) is 0.438. The topological polar surface area (TPSA) is 99.8 Å². The number of amides is 3. The van der Waals surface area contributed by atoms with Gasteiger partial charge in [0.2, 0.25) is 0 Å². The van der Waals surface area contributed by atoms with E-state index in [2.05, 4.69) is 16.2 Å². The maximum atomic E-state index is 12.3. The maximum absolute atomic E-state index is 12.3. The summed E-state index contributed by atoms with van der Waals surface area (Å²) in [5, 5.41) is 2.53. The average Bonchev–Trinajstić information content (AvgIpc) is 3.09. The van der Waals surface area contributed by atoms with Crippen molar-refractivity contribution in [1.82, 2.24) is 15.6 Å². The predicted octanol–water partition coefficient (Wildman–Crippen LogP) is 1.11. The van der Waals surface area contributed by atoms with E-state index in [1.165, 1.54) is 11.9 Å². The monoisotopic (exact) mass is 334 g/mol. The van der Waals surface area contributed by atoms with E-state index in [9.17, 15) is 14.4 Å². The minimum atomic E-state index is -0.509. The number of esters is 1. The Hall–Kier alpha value is -2.77. The van der Waals surface area contributed by atoms with Crippen molar-refractivity contribution in [2.45, 2.75) is 25.8 Å². The van der Waals surface area contributed by atoms with Gasteiger partial charge >= 0.3 is 12.0 Å². The maximum Gasteiger partial charge on any atom is 0.338 e. The number of anilines is 1. The number of carbonyl (C=O) groups excluding carboxylic acids is 3. The molecule has 3 N–H and O–H groups in total. The Morgan fingerprint density at radius 1 is 1.33 bits per heavy atom. The summed E-state index contributed by atoms with van der Waals surface area (Å²) >= 11 is 0. The molecule has 1 aromatic carbocycles. The van der Waals surface area contributed by atoms with Crippen LogP contribution in [0.1, 0.15) is 30.1 Å². The van der Waals surface area contributed by atoms with Gasteiger partial charge in [0.15, 0.2) is 0 Å². The number of ether oxygens (including phenoxy) is 1. The number of nitrogens with one attached hydrogen (secondary N) is 3. The first-order valence-corrected chi connectivity index (χ1v) is 7.88. The minimum Gasteiger partial charge on any atom is -0.462 e. The van der Waals surface area contributed by atoms with E-state index in [-0.39, 0.29) is 11.9 Å². The summed E-state index contributed by atoms with van der Waals surface area (Å²) in [4.78, 5) is 37.2. The number of hydrogen-bond donors (Lipinski definition) is 3. The Balaban J connectivity index is 1.95. The molecule has 2 rings (SSSR count). The number of hydrogen-bond acceptors (Lipinski definition) is 5. The van der Waals surface area contributed by atoms with Crippen molar-refractivity contribution in [3.8, 4) is 0 Å². The normalized spacial score (nSPS) is 16.4. The number of likely N-dealkylation sites (tertiary alicyclic amines) is 1. The first-order chi connectivity index (χ1) is 11.6. The van der Waals surface area contributed by atoms with Crippen LogP contribution in [0.3, 0.4) is 0 Å². The summed E-state index contributed by atoms with van der Waals surface area (Å²) in [6.45, 7) is 2.58. The van der Waals surface area contributed by atoms with Gasteiger partial charge in [-0.05, 0) is 38.0 Å². The lowest BCUT2D eigenvalue weighted by molar-refractivity contribution is -0.124. The zero-order chi connectivity index (χ0) is 17.5. The lowest BCUT2D eigenvalue weighted by Crippen LogP contribution is -2.49. The molecule has 1 heterocycles. The van der Waals surface area contributed by atoms with Crippen LogP contribution in [0.5, 0.6) is 0 Å². The molecule has 0 spiro atoms. The molecule has 0 saturated carbocycles. The fourth-order valence-electron chi connectivity index (χ4n) is 2.58. The van der Waals surface area contributed by atoms with Gasteiger partial charge in [-0.3, -0.25) is 15.6 Å². The van der Waals surface area contributed by atoms with Gasteiger partial charge in [0, 0.05) is 13.6 Å². The largest absolute Gasteiger partial charge is 0.462 e. The predicted molar refractivity (Wildman–Crippen MR) is 88.3 cm³/mol. The highest BCUT2D eigenvalue weighted by atomic mass is 16.5. The molecule has 1 atom stereocenters. The lowest BCUT2D eigenvalue weighted by Gasteiger charge is -2.23. The smallest absolute Gasteiger partial charge is 0.338 e. The van der Waals surface area contributed by atoms with Crippen LogP contribution in [-0.4, -0.2) is 49.0 Å². The lowest BCUT2D eigenvalue weighted by atomic mass is 10.2. The van der Waals surface area contributed by atoms with E-state index in [1.807, 2.05) is 0 Å². The minimum absolute atomic E-state index is 0.267. The van der Waals surface area contributed by atoms with Gasteiger partial charge in [0.1, 0.15) is 6.04 Å². The second-order valence-corrected chi connectivity index (χ2v) is 5.32. The molecule has 3 amide bonds. The van der Waals surface area contributed by atoms with Crippen LogP contribution >= 0.6 is 0 Å². The standard InChI is InChI=1S/C16H22N4O4/c1-3-24-15(22)11-6-4-7-12(10-11)18-19-14(21)13-8-5-9-20(13)16(23)17-2/h4,6-7,10,13,18H,3,5,8-9H2,1-2H3,(H,17,23)(H,19,21)/t13-/m0/s1. The van der Waals surface area contributed by atoms with E-state index < -0.39 is 12.0 Å². The number of benzene rings is 1. The molecule has 0 aromatic heterocycles. The van der Waals surface area contributed by atoms with Crippen molar-refractivity contribution in [2.75, 3.05) is 25.6 Å². The molecule has 0 aliphatic carbocycles. The van der Waals surface area contributed by atoms with Crippen molar-refractivity contribution in [3.05, 3.63) is 29.8 Å². The summed E-state index contributed by atoms with van der Waals surface area (Å²) in [6, 6.07) is 5.85. The van der Waals surface area contributed by atoms with Crippen LogP contribution in [0, 0.1) is 0 Å². The van der Waals surface area contributed by atoms with Crippen LogP contribution in [0.2, 0.25) is 0 Å². The summed E-state index contributed by atoms with van der Waals surface area (Å²) in [5.74, 6) is -0.716. The molecule has 0 radical (unpaired) electrons. The highest BCUT2D eigenvalue weighted by Crippen LogP contribution is 2.17. The van der Waals surface area contributed by atoms with Crippen molar-refractivity contribution in [2.24, 2.45) is 0 Å². The van der Waals surface area contributed by atoms with Crippen LogP contribution in [0.15, 0.2) is 24.3 Å². The second-order valence-electron chi connectivity index (χ2n) is 5.32. The van der Waals surface area contributed by atoms with E-state index in [4.69, 9.17) is 4.74 Å². The van der Waals surface area contributed by atoms with Gasteiger partial charge in [0.25, 0.3) is 5.91 Å². The highest BCUT2D eigenvalue weighted by molar-refractivity contribution is 5.91. The van der Waals surface area contributed by atoms with Gasteiger partial charge < -0.3 is 15.0 Å². The van der Waals surface area contributed by atoms with Crippen molar-refractivity contribution >= 4 is 23.6 Å². The molecule has 1 aliphatic rings. The molecule has 1 saturated heterocycles. The highest BCUT2D eigenvalue weighted by Gasteiger charge is 2.33. The first-order valence-electron chi connectivity index (χ1n) is 7.88.